The Morgan fingerprint density at radius 1 is 1.33 bits per heavy atom. The number of ether oxygens (including phenoxy) is 2. The molecule has 1 aromatic carbocycles. The molecule has 2 unspecified atom stereocenters. The number of benzene rings is 1. The predicted molar refractivity (Wildman–Crippen MR) is 105 cm³/mol. The van der Waals surface area contributed by atoms with Crippen LogP contribution < -0.4 is 10.1 Å². The summed E-state index contributed by atoms with van der Waals surface area (Å²) in [4.78, 5) is 12.0. The molecule has 0 saturated carbocycles. The van der Waals surface area contributed by atoms with Gasteiger partial charge in [0.2, 0.25) is 15.9 Å². The molecule has 0 radical (unpaired) electrons. The normalized spacial score (nSPS) is 21.0. The third-order valence-electron chi connectivity index (χ3n) is 4.32. The van der Waals surface area contributed by atoms with Gasteiger partial charge in [0.25, 0.3) is 0 Å². The van der Waals surface area contributed by atoms with Crippen LogP contribution in [-0.4, -0.2) is 63.3 Å². The van der Waals surface area contributed by atoms with Crippen LogP contribution in [-0.2, 0) is 26.0 Å². The maximum atomic E-state index is 12.4. The Hall–Kier alpha value is -1.35. The molecule has 1 aliphatic heterocycles. The Bertz CT molecular complexity index is 746. The molecular formula is C18H27ClN2O5S. The molecule has 7 nitrogen and oxygen atoms in total. The van der Waals surface area contributed by atoms with Gasteiger partial charge in [-0.15, -0.1) is 0 Å². The van der Waals surface area contributed by atoms with Gasteiger partial charge in [-0.2, -0.15) is 4.31 Å². The number of carbonyl (C=O) groups is 1. The third kappa shape index (κ3) is 6.64. The smallest absolute Gasteiger partial charge is 0.220 e. The summed E-state index contributed by atoms with van der Waals surface area (Å²) in [5.41, 5.74) is 0.917. The van der Waals surface area contributed by atoms with Crippen LogP contribution in [0.15, 0.2) is 18.2 Å². The Labute approximate surface area is 166 Å². The highest BCUT2D eigenvalue weighted by molar-refractivity contribution is 7.89. The molecule has 0 aromatic heterocycles. The molecule has 1 saturated heterocycles. The van der Waals surface area contributed by atoms with Crippen molar-refractivity contribution in [1.29, 1.82) is 0 Å². The zero-order valence-electron chi connectivity index (χ0n) is 15.9. The van der Waals surface area contributed by atoms with E-state index in [0.717, 1.165) is 5.56 Å². The van der Waals surface area contributed by atoms with Gasteiger partial charge in [0.1, 0.15) is 5.75 Å². The number of morpholine rings is 1. The zero-order chi connectivity index (χ0) is 20.0. The first-order valence-electron chi connectivity index (χ1n) is 8.93. The molecule has 1 N–H and O–H groups in total. The van der Waals surface area contributed by atoms with Crippen molar-refractivity contribution in [2.75, 3.05) is 32.5 Å². The fourth-order valence-corrected chi connectivity index (χ4v) is 4.79. The van der Waals surface area contributed by atoms with Gasteiger partial charge in [-0.1, -0.05) is 17.7 Å². The second kappa shape index (κ2) is 9.73. The highest BCUT2D eigenvalue weighted by atomic mass is 35.5. The lowest BCUT2D eigenvalue weighted by Crippen LogP contribution is -2.49. The Morgan fingerprint density at radius 3 is 2.59 bits per heavy atom. The highest BCUT2D eigenvalue weighted by Gasteiger charge is 2.30. The van der Waals surface area contributed by atoms with Crippen LogP contribution in [0.3, 0.4) is 0 Å². The SMILES string of the molecule is COc1ccc(CCC(=O)NCCS(=O)(=O)N2CC(C)OC(C)C2)cc1Cl. The molecular weight excluding hydrogens is 392 g/mol. The molecule has 9 heteroatoms. The molecule has 1 aromatic rings. The lowest BCUT2D eigenvalue weighted by molar-refractivity contribution is -0.120. The summed E-state index contributed by atoms with van der Waals surface area (Å²) in [5.74, 6) is 0.273. The van der Waals surface area contributed by atoms with Crippen molar-refractivity contribution in [3.63, 3.8) is 0 Å². The molecule has 0 aliphatic carbocycles. The number of hydrogen-bond acceptors (Lipinski definition) is 5. The van der Waals surface area contributed by atoms with Crippen LogP contribution in [0.25, 0.3) is 0 Å². The summed E-state index contributed by atoms with van der Waals surface area (Å²) in [6, 6.07) is 5.37. The number of aryl methyl sites for hydroxylation is 1. The summed E-state index contributed by atoms with van der Waals surface area (Å²) >= 11 is 6.07. The molecule has 0 spiro atoms. The maximum Gasteiger partial charge on any atom is 0.220 e. The third-order valence-corrected chi connectivity index (χ3v) is 6.42. The van der Waals surface area contributed by atoms with E-state index in [1.54, 1.807) is 19.2 Å². The van der Waals surface area contributed by atoms with Crippen molar-refractivity contribution in [1.82, 2.24) is 9.62 Å². The molecule has 1 aliphatic rings. The van der Waals surface area contributed by atoms with E-state index in [0.29, 0.717) is 30.3 Å². The van der Waals surface area contributed by atoms with Crippen molar-refractivity contribution in [3.8, 4) is 5.75 Å². The Kier molecular flexibility index (Phi) is 7.91. The van der Waals surface area contributed by atoms with Crippen LogP contribution >= 0.6 is 11.6 Å². The van der Waals surface area contributed by atoms with Crippen LogP contribution in [0.5, 0.6) is 5.75 Å². The topological polar surface area (TPSA) is 84.9 Å². The number of nitrogens with one attached hydrogen (secondary N) is 1. The van der Waals surface area contributed by atoms with Gasteiger partial charge in [0.15, 0.2) is 0 Å². The van der Waals surface area contributed by atoms with Crippen molar-refractivity contribution in [2.45, 2.75) is 38.9 Å². The van der Waals surface area contributed by atoms with Crippen LogP contribution in [0.1, 0.15) is 25.8 Å². The molecule has 152 valence electrons. The summed E-state index contributed by atoms with van der Waals surface area (Å²) in [5, 5.41) is 3.17. The molecule has 0 bridgehead atoms. The first-order valence-corrected chi connectivity index (χ1v) is 10.9. The number of amides is 1. The standard InChI is InChI=1S/C18H27ClN2O5S/c1-13-11-21(12-14(2)26-13)27(23,24)9-8-20-18(22)7-5-15-4-6-17(25-3)16(19)10-15/h4,6,10,13-14H,5,7-9,11-12H2,1-3H3,(H,20,22). The highest BCUT2D eigenvalue weighted by Crippen LogP contribution is 2.25. The Balaban J connectivity index is 1.76. The number of sulfonamides is 1. The maximum absolute atomic E-state index is 12.4. The van der Waals surface area contributed by atoms with E-state index in [-0.39, 0.29) is 36.8 Å². The minimum absolute atomic E-state index is 0.0880. The van der Waals surface area contributed by atoms with E-state index in [4.69, 9.17) is 21.1 Å². The average Bonchev–Trinajstić information content (AvgIpc) is 2.59. The van der Waals surface area contributed by atoms with Gasteiger partial charge in [0, 0.05) is 26.1 Å². The number of rotatable bonds is 8. The van der Waals surface area contributed by atoms with Crippen molar-refractivity contribution >= 4 is 27.5 Å². The number of methoxy groups -OCH3 is 1. The minimum Gasteiger partial charge on any atom is -0.495 e. The minimum atomic E-state index is -3.42. The lowest BCUT2D eigenvalue weighted by Gasteiger charge is -2.34. The first kappa shape index (κ1) is 21.9. The Morgan fingerprint density at radius 2 is 2.00 bits per heavy atom. The van der Waals surface area contributed by atoms with E-state index in [2.05, 4.69) is 5.32 Å². The second-order valence-corrected chi connectivity index (χ2v) is 9.20. The molecule has 27 heavy (non-hydrogen) atoms. The number of carbonyl (C=O) groups excluding carboxylic acids is 1. The summed E-state index contributed by atoms with van der Waals surface area (Å²) in [7, 11) is -1.88. The van der Waals surface area contributed by atoms with E-state index < -0.39 is 10.0 Å². The molecule has 2 atom stereocenters. The van der Waals surface area contributed by atoms with Crippen molar-refractivity contribution in [3.05, 3.63) is 28.8 Å². The number of hydrogen-bond donors (Lipinski definition) is 1. The van der Waals surface area contributed by atoms with E-state index >= 15 is 0 Å². The van der Waals surface area contributed by atoms with Gasteiger partial charge in [-0.3, -0.25) is 4.79 Å². The molecule has 1 amide bonds. The number of halogens is 1. The molecule has 2 rings (SSSR count). The molecule has 1 fully saturated rings. The molecule has 1 heterocycles. The second-order valence-electron chi connectivity index (χ2n) is 6.71. The summed E-state index contributed by atoms with van der Waals surface area (Å²) in [6.45, 7) is 4.49. The van der Waals surface area contributed by atoms with Crippen LogP contribution in [0, 0.1) is 0 Å². The quantitative estimate of drug-likeness (QED) is 0.696. The largest absolute Gasteiger partial charge is 0.495 e. The van der Waals surface area contributed by atoms with Gasteiger partial charge < -0.3 is 14.8 Å². The van der Waals surface area contributed by atoms with Crippen LogP contribution in [0.4, 0.5) is 0 Å². The first-order chi connectivity index (χ1) is 12.7. The zero-order valence-corrected chi connectivity index (χ0v) is 17.5. The van der Waals surface area contributed by atoms with E-state index in [9.17, 15) is 13.2 Å². The monoisotopic (exact) mass is 418 g/mol. The van der Waals surface area contributed by atoms with Crippen molar-refractivity contribution in [2.24, 2.45) is 0 Å². The van der Waals surface area contributed by atoms with Gasteiger partial charge in [0.05, 0.1) is 30.1 Å². The van der Waals surface area contributed by atoms with Gasteiger partial charge in [-0.25, -0.2) is 8.42 Å². The summed E-state index contributed by atoms with van der Waals surface area (Å²) < 4.78 is 36.9. The lowest BCUT2D eigenvalue weighted by atomic mass is 10.1. The average molecular weight is 419 g/mol. The van der Waals surface area contributed by atoms with Crippen LogP contribution in [0.2, 0.25) is 5.02 Å². The van der Waals surface area contributed by atoms with Gasteiger partial charge >= 0.3 is 0 Å². The summed E-state index contributed by atoms with van der Waals surface area (Å²) in [6.07, 6.45) is 0.513. The van der Waals surface area contributed by atoms with E-state index in [1.165, 1.54) is 4.31 Å². The number of nitrogens with zero attached hydrogens (tertiary/aromatic N) is 1. The fraction of sp³-hybridized carbons (Fsp3) is 0.611. The fourth-order valence-electron chi connectivity index (χ4n) is 3.02. The van der Waals surface area contributed by atoms with Crippen molar-refractivity contribution < 1.29 is 22.7 Å². The van der Waals surface area contributed by atoms with E-state index in [1.807, 2.05) is 19.9 Å². The predicted octanol–water partition coefficient (Wildman–Crippen LogP) is 1.84. The van der Waals surface area contributed by atoms with Gasteiger partial charge in [-0.05, 0) is 38.0 Å².